The van der Waals surface area contributed by atoms with Crippen LogP contribution in [0, 0.1) is 5.92 Å². The highest BCUT2D eigenvalue weighted by Gasteiger charge is 2.30. The van der Waals surface area contributed by atoms with Crippen LogP contribution in [0.3, 0.4) is 0 Å². The molecule has 0 aliphatic rings. The van der Waals surface area contributed by atoms with Crippen molar-refractivity contribution in [2.75, 3.05) is 0 Å². The SMILES string of the molecule is CCCC(CC)C(N)(CCC)CCC.O. The molecule has 0 fully saturated rings. The van der Waals surface area contributed by atoms with Crippen molar-refractivity contribution < 1.29 is 5.48 Å². The lowest BCUT2D eigenvalue weighted by Gasteiger charge is -2.37. The summed E-state index contributed by atoms with van der Waals surface area (Å²) in [6.45, 7) is 9.04. The van der Waals surface area contributed by atoms with E-state index in [1.54, 1.807) is 0 Å². The lowest BCUT2D eigenvalue weighted by molar-refractivity contribution is 0.210. The van der Waals surface area contributed by atoms with Gasteiger partial charge in [0.2, 0.25) is 0 Å². The molecule has 94 valence electrons. The fourth-order valence-corrected chi connectivity index (χ4v) is 2.71. The van der Waals surface area contributed by atoms with E-state index in [9.17, 15) is 0 Å². The molecule has 0 saturated heterocycles. The third-order valence-corrected chi connectivity index (χ3v) is 3.37. The Balaban J connectivity index is 0. The van der Waals surface area contributed by atoms with Gasteiger partial charge in [0.05, 0.1) is 0 Å². The Hall–Kier alpha value is -0.0800. The first-order valence-electron chi connectivity index (χ1n) is 6.43. The average molecular weight is 217 g/mol. The second-order valence-corrected chi connectivity index (χ2v) is 4.63. The van der Waals surface area contributed by atoms with Crippen molar-refractivity contribution in [3.63, 3.8) is 0 Å². The van der Waals surface area contributed by atoms with E-state index < -0.39 is 0 Å². The van der Waals surface area contributed by atoms with E-state index in [4.69, 9.17) is 5.73 Å². The van der Waals surface area contributed by atoms with Crippen molar-refractivity contribution >= 4 is 0 Å². The molecule has 1 atom stereocenters. The molecule has 0 aromatic carbocycles. The zero-order valence-electron chi connectivity index (χ0n) is 11.1. The largest absolute Gasteiger partial charge is 0.412 e. The molecule has 1 unspecified atom stereocenters. The van der Waals surface area contributed by atoms with Crippen molar-refractivity contribution in [2.45, 2.75) is 78.2 Å². The molecule has 0 aliphatic carbocycles. The van der Waals surface area contributed by atoms with Gasteiger partial charge in [0.15, 0.2) is 0 Å². The molecule has 0 rings (SSSR count). The molecule has 0 saturated carbocycles. The van der Waals surface area contributed by atoms with Crippen LogP contribution in [0.2, 0.25) is 0 Å². The van der Waals surface area contributed by atoms with E-state index >= 15 is 0 Å². The first-order valence-corrected chi connectivity index (χ1v) is 6.43. The number of nitrogens with two attached hydrogens (primary N) is 1. The van der Waals surface area contributed by atoms with Crippen LogP contribution in [0.5, 0.6) is 0 Å². The van der Waals surface area contributed by atoms with Crippen LogP contribution in [0.4, 0.5) is 0 Å². The van der Waals surface area contributed by atoms with E-state index in [0.717, 1.165) is 5.92 Å². The maximum Gasteiger partial charge on any atom is 0.0182 e. The second kappa shape index (κ2) is 9.17. The van der Waals surface area contributed by atoms with E-state index in [0.29, 0.717) is 0 Å². The monoisotopic (exact) mass is 217 g/mol. The van der Waals surface area contributed by atoms with Crippen molar-refractivity contribution in [1.29, 1.82) is 0 Å². The van der Waals surface area contributed by atoms with Crippen LogP contribution < -0.4 is 5.73 Å². The van der Waals surface area contributed by atoms with Gasteiger partial charge in [0.1, 0.15) is 0 Å². The topological polar surface area (TPSA) is 57.5 Å². The molecule has 0 heterocycles. The van der Waals surface area contributed by atoms with E-state index in [-0.39, 0.29) is 11.0 Å². The molecule has 0 aliphatic heterocycles. The standard InChI is InChI=1S/C13H29N.H2O/c1-5-9-12(8-4)13(14,10-6-2)11-7-3;/h12H,5-11,14H2,1-4H3;1H2. The lowest BCUT2D eigenvalue weighted by Crippen LogP contribution is -2.46. The number of hydrogen-bond donors (Lipinski definition) is 1. The first-order chi connectivity index (χ1) is 6.64. The first kappa shape index (κ1) is 17.3. The van der Waals surface area contributed by atoms with Gasteiger partial charge >= 0.3 is 0 Å². The Bertz CT molecular complexity index is 130. The van der Waals surface area contributed by atoms with Gasteiger partial charge in [0, 0.05) is 5.54 Å². The van der Waals surface area contributed by atoms with Crippen LogP contribution in [0.15, 0.2) is 0 Å². The molecular formula is C13H31NO. The second-order valence-electron chi connectivity index (χ2n) is 4.63. The van der Waals surface area contributed by atoms with E-state index in [1.165, 1.54) is 44.9 Å². The van der Waals surface area contributed by atoms with Crippen LogP contribution in [0.1, 0.15) is 72.6 Å². The predicted molar refractivity (Wildman–Crippen MR) is 69.0 cm³/mol. The maximum absolute atomic E-state index is 6.56. The van der Waals surface area contributed by atoms with Gasteiger partial charge in [-0.25, -0.2) is 0 Å². The summed E-state index contributed by atoms with van der Waals surface area (Å²) < 4.78 is 0. The van der Waals surface area contributed by atoms with Gasteiger partial charge in [-0.1, -0.05) is 53.4 Å². The predicted octanol–water partition coefficient (Wildman–Crippen LogP) is 3.29. The zero-order valence-corrected chi connectivity index (χ0v) is 11.1. The van der Waals surface area contributed by atoms with Gasteiger partial charge in [0.25, 0.3) is 0 Å². The summed E-state index contributed by atoms with van der Waals surface area (Å²) >= 11 is 0. The smallest absolute Gasteiger partial charge is 0.0182 e. The summed E-state index contributed by atoms with van der Waals surface area (Å²) in [4.78, 5) is 0. The minimum Gasteiger partial charge on any atom is -0.412 e. The summed E-state index contributed by atoms with van der Waals surface area (Å²) in [7, 11) is 0. The molecule has 0 bridgehead atoms. The molecule has 0 aromatic rings. The van der Waals surface area contributed by atoms with Gasteiger partial charge in [-0.15, -0.1) is 0 Å². The van der Waals surface area contributed by atoms with Crippen molar-refractivity contribution in [1.82, 2.24) is 0 Å². The van der Waals surface area contributed by atoms with Crippen molar-refractivity contribution in [2.24, 2.45) is 11.7 Å². The zero-order chi connectivity index (χ0) is 11.0. The highest BCUT2D eigenvalue weighted by atomic mass is 16.0. The van der Waals surface area contributed by atoms with Gasteiger partial charge in [-0.3, -0.25) is 0 Å². The molecule has 15 heavy (non-hydrogen) atoms. The Morgan fingerprint density at radius 3 is 1.67 bits per heavy atom. The maximum atomic E-state index is 6.56. The Kier molecular flexibility index (Phi) is 10.6. The fraction of sp³-hybridized carbons (Fsp3) is 1.00. The van der Waals surface area contributed by atoms with Gasteiger partial charge < -0.3 is 11.2 Å². The van der Waals surface area contributed by atoms with Crippen LogP contribution in [-0.2, 0) is 0 Å². The quantitative estimate of drug-likeness (QED) is 0.666. The third-order valence-electron chi connectivity index (χ3n) is 3.37. The number of hydrogen-bond acceptors (Lipinski definition) is 1. The van der Waals surface area contributed by atoms with Crippen LogP contribution in [-0.4, -0.2) is 11.0 Å². The normalized spacial score (nSPS) is 13.4. The highest BCUT2D eigenvalue weighted by Crippen LogP contribution is 2.31. The summed E-state index contributed by atoms with van der Waals surface area (Å²) in [5, 5.41) is 0. The molecule has 2 heteroatoms. The van der Waals surface area contributed by atoms with Crippen molar-refractivity contribution in [3.05, 3.63) is 0 Å². The summed E-state index contributed by atoms with van der Waals surface area (Å²) in [6, 6.07) is 0. The molecule has 0 spiro atoms. The fourth-order valence-electron chi connectivity index (χ4n) is 2.71. The summed E-state index contributed by atoms with van der Waals surface area (Å²) in [5.74, 6) is 0.729. The molecular weight excluding hydrogens is 186 g/mol. The minimum atomic E-state index is 0. The Morgan fingerprint density at radius 2 is 1.40 bits per heavy atom. The van der Waals surface area contributed by atoms with Crippen LogP contribution in [0.25, 0.3) is 0 Å². The molecule has 0 radical (unpaired) electrons. The van der Waals surface area contributed by atoms with Gasteiger partial charge in [-0.2, -0.15) is 0 Å². The van der Waals surface area contributed by atoms with Crippen molar-refractivity contribution in [3.8, 4) is 0 Å². The summed E-state index contributed by atoms with van der Waals surface area (Å²) in [6.07, 6.45) is 8.63. The average Bonchev–Trinajstić information content (AvgIpc) is 2.14. The molecule has 0 amide bonds. The highest BCUT2D eigenvalue weighted by molar-refractivity contribution is 4.89. The molecule has 4 N–H and O–H groups in total. The summed E-state index contributed by atoms with van der Waals surface area (Å²) in [5.41, 5.74) is 6.68. The minimum absolute atomic E-state index is 0. The van der Waals surface area contributed by atoms with Crippen LogP contribution >= 0.6 is 0 Å². The lowest BCUT2D eigenvalue weighted by atomic mass is 9.74. The Morgan fingerprint density at radius 1 is 0.933 bits per heavy atom. The number of rotatable bonds is 8. The van der Waals surface area contributed by atoms with E-state index in [1.807, 2.05) is 0 Å². The Labute approximate surface area is 95.9 Å². The van der Waals surface area contributed by atoms with E-state index in [2.05, 4.69) is 27.7 Å². The third kappa shape index (κ3) is 5.53. The van der Waals surface area contributed by atoms with Gasteiger partial charge in [-0.05, 0) is 25.2 Å². The molecule has 0 aromatic heterocycles. The molecule has 2 nitrogen and oxygen atoms in total.